The molecule has 124 valence electrons. The molecule has 4 nitrogen and oxygen atoms in total. The van der Waals surface area contributed by atoms with Crippen molar-refractivity contribution in [2.24, 2.45) is 11.7 Å². The van der Waals surface area contributed by atoms with Gasteiger partial charge in [0.25, 0.3) is 0 Å². The van der Waals surface area contributed by atoms with Gasteiger partial charge in [-0.2, -0.15) is 0 Å². The molecule has 1 aliphatic carbocycles. The van der Waals surface area contributed by atoms with Crippen molar-refractivity contribution in [1.82, 2.24) is 9.80 Å². The van der Waals surface area contributed by atoms with Gasteiger partial charge < -0.3 is 10.6 Å². The fourth-order valence-electron chi connectivity index (χ4n) is 2.82. The fraction of sp³-hybridized carbons (Fsp3) is 0.562. The van der Waals surface area contributed by atoms with E-state index in [9.17, 15) is 4.79 Å². The van der Waals surface area contributed by atoms with Gasteiger partial charge in [0, 0.05) is 32.7 Å². The highest BCUT2D eigenvalue weighted by atomic mass is 35.5. The highest BCUT2D eigenvalue weighted by Gasteiger charge is 2.29. The molecule has 0 radical (unpaired) electrons. The molecule has 0 aromatic heterocycles. The van der Waals surface area contributed by atoms with Crippen LogP contribution in [0.2, 0.25) is 0 Å². The molecule has 6 heteroatoms. The van der Waals surface area contributed by atoms with Gasteiger partial charge >= 0.3 is 0 Å². The molecule has 1 amide bonds. The Bertz CT molecular complexity index is 460. The molecule has 0 bridgehead atoms. The second-order valence-electron chi connectivity index (χ2n) is 5.96. The van der Waals surface area contributed by atoms with Crippen molar-refractivity contribution < 1.29 is 4.79 Å². The topological polar surface area (TPSA) is 49.6 Å². The number of hydrogen-bond acceptors (Lipinski definition) is 3. The van der Waals surface area contributed by atoms with Gasteiger partial charge in [-0.1, -0.05) is 30.3 Å². The smallest absolute Gasteiger partial charge is 0.244 e. The molecule has 1 saturated heterocycles. The lowest BCUT2D eigenvalue weighted by atomic mass is 10.1. The van der Waals surface area contributed by atoms with Crippen molar-refractivity contribution >= 4 is 30.7 Å². The summed E-state index contributed by atoms with van der Waals surface area (Å²) >= 11 is 0. The second-order valence-corrected chi connectivity index (χ2v) is 5.96. The van der Waals surface area contributed by atoms with Crippen LogP contribution < -0.4 is 5.73 Å². The second kappa shape index (κ2) is 8.73. The monoisotopic (exact) mass is 345 g/mol. The third-order valence-electron chi connectivity index (χ3n) is 4.32. The maximum Gasteiger partial charge on any atom is 0.244 e. The van der Waals surface area contributed by atoms with Gasteiger partial charge in [-0.25, -0.2) is 0 Å². The normalized spacial score (nSPS) is 19.8. The Morgan fingerprint density at radius 2 is 1.68 bits per heavy atom. The molecule has 1 saturated carbocycles. The quantitative estimate of drug-likeness (QED) is 0.908. The molecule has 2 N–H and O–H groups in total. The van der Waals surface area contributed by atoms with Crippen molar-refractivity contribution in [2.45, 2.75) is 18.9 Å². The summed E-state index contributed by atoms with van der Waals surface area (Å²) in [5.74, 6) is 0.978. The van der Waals surface area contributed by atoms with E-state index in [-0.39, 0.29) is 30.7 Å². The van der Waals surface area contributed by atoms with E-state index in [1.807, 2.05) is 35.2 Å². The average Bonchev–Trinajstić information content (AvgIpc) is 3.31. The van der Waals surface area contributed by atoms with E-state index in [0.29, 0.717) is 0 Å². The Kier molecular flexibility index (Phi) is 7.63. The van der Waals surface area contributed by atoms with Crippen molar-refractivity contribution in [3.8, 4) is 0 Å². The molecule has 1 unspecified atom stereocenters. The zero-order valence-corrected chi connectivity index (χ0v) is 14.3. The molecule has 1 heterocycles. The Balaban J connectivity index is 0.00000121. The van der Waals surface area contributed by atoms with Crippen LogP contribution >= 0.6 is 24.8 Å². The number of amides is 1. The number of carbonyl (C=O) groups excluding carboxylic acids is 1. The molecule has 0 spiro atoms. The van der Waals surface area contributed by atoms with Gasteiger partial charge in [0.05, 0.1) is 0 Å². The Morgan fingerprint density at radius 1 is 1.09 bits per heavy atom. The molecule has 1 atom stereocenters. The molecule has 2 fully saturated rings. The third-order valence-corrected chi connectivity index (χ3v) is 4.32. The van der Waals surface area contributed by atoms with Crippen LogP contribution in [0.15, 0.2) is 30.3 Å². The van der Waals surface area contributed by atoms with Crippen LogP contribution in [0.25, 0.3) is 0 Å². The predicted octanol–water partition coefficient (Wildman–Crippen LogP) is 2.08. The first-order chi connectivity index (χ1) is 9.74. The van der Waals surface area contributed by atoms with Gasteiger partial charge in [-0.05, 0) is 24.3 Å². The molecule has 1 aromatic rings. The van der Waals surface area contributed by atoms with Crippen molar-refractivity contribution in [2.75, 3.05) is 32.7 Å². The van der Waals surface area contributed by atoms with Crippen LogP contribution in [-0.2, 0) is 4.79 Å². The number of rotatable bonds is 4. The van der Waals surface area contributed by atoms with E-state index >= 15 is 0 Å². The summed E-state index contributed by atoms with van der Waals surface area (Å²) in [6, 6.07) is 9.12. The van der Waals surface area contributed by atoms with Crippen LogP contribution in [0.4, 0.5) is 0 Å². The molecular formula is C16H25Cl2N3O. The predicted molar refractivity (Wildman–Crippen MR) is 93.6 cm³/mol. The zero-order chi connectivity index (χ0) is 13.9. The lowest BCUT2D eigenvalue weighted by Gasteiger charge is -2.36. The summed E-state index contributed by atoms with van der Waals surface area (Å²) in [4.78, 5) is 16.8. The summed E-state index contributed by atoms with van der Waals surface area (Å²) in [5, 5.41) is 0. The van der Waals surface area contributed by atoms with Gasteiger partial charge in [-0.3, -0.25) is 9.69 Å². The van der Waals surface area contributed by atoms with E-state index < -0.39 is 6.04 Å². The van der Waals surface area contributed by atoms with Crippen LogP contribution in [0.3, 0.4) is 0 Å². The van der Waals surface area contributed by atoms with Crippen molar-refractivity contribution in [3.05, 3.63) is 35.9 Å². The zero-order valence-electron chi connectivity index (χ0n) is 12.7. The fourth-order valence-corrected chi connectivity index (χ4v) is 2.82. The number of nitrogens with zero attached hydrogens (tertiary/aromatic N) is 2. The largest absolute Gasteiger partial charge is 0.338 e. The van der Waals surface area contributed by atoms with Gasteiger partial charge in [0.15, 0.2) is 0 Å². The number of halogens is 2. The van der Waals surface area contributed by atoms with E-state index in [1.165, 1.54) is 19.4 Å². The van der Waals surface area contributed by atoms with E-state index in [0.717, 1.165) is 37.7 Å². The standard InChI is InChI=1S/C16H23N3O.2ClH/c17-15(14-4-2-1-3-5-14)16(20)19-10-8-18(9-11-19)12-13-6-7-13;;/h1-5,13,15H,6-12,17H2;2*1H. The van der Waals surface area contributed by atoms with Crippen LogP contribution in [0.5, 0.6) is 0 Å². The molecule has 2 aliphatic rings. The lowest BCUT2D eigenvalue weighted by Crippen LogP contribution is -2.51. The van der Waals surface area contributed by atoms with Crippen molar-refractivity contribution in [3.63, 3.8) is 0 Å². The molecular weight excluding hydrogens is 321 g/mol. The Hall–Kier alpha value is -0.810. The number of benzene rings is 1. The van der Waals surface area contributed by atoms with Gasteiger partial charge in [0.2, 0.25) is 5.91 Å². The number of hydrogen-bond donors (Lipinski definition) is 1. The number of nitrogens with two attached hydrogens (primary N) is 1. The molecule has 3 rings (SSSR count). The first-order valence-electron chi connectivity index (χ1n) is 7.55. The Labute approximate surface area is 144 Å². The minimum absolute atomic E-state index is 0. The van der Waals surface area contributed by atoms with E-state index in [1.54, 1.807) is 0 Å². The highest BCUT2D eigenvalue weighted by Crippen LogP contribution is 2.30. The third kappa shape index (κ3) is 4.85. The summed E-state index contributed by atoms with van der Waals surface area (Å²) in [5.41, 5.74) is 6.99. The highest BCUT2D eigenvalue weighted by molar-refractivity contribution is 5.85. The summed E-state index contributed by atoms with van der Waals surface area (Å²) in [6.07, 6.45) is 2.77. The summed E-state index contributed by atoms with van der Waals surface area (Å²) in [6.45, 7) is 4.82. The van der Waals surface area contributed by atoms with E-state index in [4.69, 9.17) is 5.73 Å². The summed E-state index contributed by atoms with van der Waals surface area (Å²) < 4.78 is 0. The van der Waals surface area contributed by atoms with Crippen molar-refractivity contribution in [1.29, 1.82) is 0 Å². The van der Waals surface area contributed by atoms with Crippen LogP contribution in [0, 0.1) is 5.92 Å². The Morgan fingerprint density at radius 3 is 2.23 bits per heavy atom. The van der Waals surface area contributed by atoms with E-state index in [2.05, 4.69) is 4.90 Å². The first-order valence-corrected chi connectivity index (χ1v) is 7.55. The molecule has 22 heavy (non-hydrogen) atoms. The minimum atomic E-state index is -0.522. The molecule has 1 aromatic carbocycles. The number of piperazine rings is 1. The molecule has 1 aliphatic heterocycles. The van der Waals surface area contributed by atoms with Gasteiger partial charge in [-0.15, -0.1) is 24.8 Å². The van der Waals surface area contributed by atoms with Crippen LogP contribution in [0.1, 0.15) is 24.4 Å². The van der Waals surface area contributed by atoms with Crippen LogP contribution in [-0.4, -0.2) is 48.4 Å². The SMILES string of the molecule is Cl.Cl.NC(C(=O)N1CCN(CC2CC2)CC1)c1ccccc1. The van der Waals surface area contributed by atoms with Gasteiger partial charge in [0.1, 0.15) is 6.04 Å². The lowest BCUT2D eigenvalue weighted by molar-refractivity contribution is -0.134. The maximum absolute atomic E-state index is 12.4. The maximum atomic E-state index is 12.4. The first kappa shape index (κ1) is 19.2. The summed E-state index contributed by atoms with van der Waals surface area (Å²) in [7, 11) is 0. The minimum Gasteiger partial charge on any atom is -0.338 e. The average molecular weight is 346 g/mol. The number of carbonyl (C=O) groups is 1.